The van der Waals surface area contributed by atoms with E-state index >= 15 is 0 Å². The van der Waals surface area contributed by atoms with Crippen LogP contribution in [-0.4, -0.2) is 19.1 Å². The van der Waals surface area contributed by atoms with Gasteiger partial charge in [0, 0.05) is 29.9 Å². The van der Waals surface area contributed by atoms with E-state index in [1.54, 1.807) is 7.11 Å². The quantitative estimate of drug-likeness (QED) is 0.873. The zero-order valence-corrected chi connectivity index (χ0v) is 10.4. The highest BCUT2D eigenvalue weighted by Crippen LogP contribution is 2.26. The van der Waals surface area contributed by atoms with E-state index in [0.717, 1.165) is 28.0 Å². The molecule has 0 amide bonds. The number of aromatic nitrogens is 1. The summed E-state index contributed by atoms with van der Waals surface area (Å²) in [5, 5.41) is 4.28. The Morgan fingerprint density at radius 3 is 2.62 bits per heavy atom. The highest BCUT2D eigenvalue weighted by Gasteiger charge is 2.03. The Hall–Kier alpha value is -1.48. The minimum absolute atomic E-state index is 0. The van der Waals surface area contributed by atoms with Gasteiger partial charge in [-0.2, -0.15) is 0 Å². The maximum atomic E-state index is 5.18. The molecule has 0 spiro atoms. The van der Waals surface area contributed by atoms with Gasteiger partial charge in [0.1, 0.15) is 5.75 Å². The number of benzene rings is 1. The average Bonchev–Trinajstić information content (AvgIpc) is 2.26. The average molecular weight is 239 g/mol. The number of hydrogen-bond acceptors (Lipinski definition) is 3. The Bertz CT molecular complexity index is 500. The van der Waals surface area contributed by atoms with Crippen LogP contribution < -0.4 is 10.1 Å². The van der Waals surface area contributed by atoms with Gasteiger partial charge in [0.15, 0.2) is 0 Å². The van der Waals surface area contributed by atoms with Crippen molar-refractivity contribution in [2.24, 2.45) is 0 Å². The van der Waals surface area contributed by atoms with Crippen molar-refractivity contribution >= 4 is 29.0 Å². The lowest BCUT2D eigenvalue weighted by atomic mass is 10.1. The number of anilines is 1. The molecule has 4 heteroatoms. The Labute approximate surface area is 101 Å². The fourth-order valence-corrected chi connectivity index (χ4v) is 1.67. The molecule has 0 unspecified atom stereocenters. The van der Waals surface area contributed by atoms with Crippen LogP contribution in [0.3, 0.4) is 0 Å². The molecule has 0 fully saturated rings. The monoisotopic (exact) mass is 238 g/mol. The molecule has 3 nitrogen and oxygen atoms in total. The van der Waals surface area contributed by atoms with Crippen LogP contribution in [-0.2, 0) is 0 Å². The second-order valence-corrected chi connectivity index (χ2v) is 3.44. The fourth-order valence-electron chi connectivity index (χ4n) is 1.67. The number of methoxy groups -OCH3 is 1. The molecule has 0 aliphatic rings. The van der Waals surface area contributed by atoms with Crippen molar-refractivity contribution < 1.29 is 4.74 Å². The summed E-state index contributed by atoms with van der Waals surface area (Å²) in [7, 11) is 3.58. The van der Waals surface area contributed by atoms with Gasteiger partial charge in [-0.15, -0.1) is 12.4 Å². The minimum Gasteiger partial charge on any atom is -0.497 e. The molecule has 0 atom stereocenters. The van der Waals surface area contributed by atoms with Crippen molar-refractivity contribution in [1.82, 2.24) is 4.98 Å². The standard InChI is InChI=1S/C12H14N2O.ClH/c1-8-6-11(13-2)10-5-4-9(15-3)7-12(10)14-8;/h4-7H,1-3H3,(H,13,14);1H. The summed E-state index contributed by atoms with van der Waals surface area (Å²) in [6.07, 6.45) is 0. The lowest BCUT2D eigenvalue weighted by Crippen LogP contribution is -1.94. The van der Waals surface area contributed by atoms with Crippen LogP contribution in [0, 0.1) is 6.92 Å². The van der Waals surface area contributed by atoms with Gasteiger partial charge in [-0.3, -0.25) is 4.98 Å². The molecule has 2 aromatic rings. The van der Waals surface area contributed by atoms with Crippen molar-refractivity contribution in [3.05, 3.63) is 30.0 Å². The molecular formula is C12H15ClN2O. The Morgan fingerprint density at radius 2 is 2.00 bits per heavy atom. The minimum atomic E-state index is 0. The SMILES string of the molecule is CNc1cc(C)nc2cc(OC)ccc12.Cl. The smallest absolute Gasteiger partial charge is 0.121 e. The van der Waals surface area contributed by atoms with E-state index in [9.17, 15) is 0 Å². The van der Waals surface area contributed by atoms with Crippen LogP contribution in [0.25, 0.3) is 10.9 Å². The maximum absolute atomic E-state index is 5.18. The zero-order chi connectivity index (χ0) is 10.8. The molecular weight excluding hydrogens is 224 g/mol. The van der Waals surface area contributed by atoms with Crippen LogP contribution in [0.1, 0.15) is 5.69 Å². The van der Waals surface area contributed by atoms with Gasteiger partial charge in [-0.25, -0.2) is 0 Å². The van der Waals surface area contributed by atoms with E-state index in [-0.39, 0.29) is 12.4 Å². The summed E-state index contributed by atoms with van der Waals surface area (Å²) in [5.41, 5.74) is 3.05. The number of pyridine rings is 1. The largest absolute Gasteiger partial charge is 0.497 e. The molecule has 1 aromatic carbocycles. The third-order valence-electron chi connectivity index (χ3n) is 2.41. The van der Waals surface area contributed by atoms with E-state index < -0.39 is 0 Å². The van der Waals surface area contributed by atoms with Crippen LogP contribution in [0.5, 0.6) is 5.75 Å². The third kappa shape index (κ3) is 2.19. The van der Waals surface area contributed by atoms with E-state index in [1.807, 2.05) is 38.2 Å². The molecule has 0 aliphatic carbocycles. The van der Waals surface area contributed by atoms with E-state index in [2.05, 4.69) is 10.3 Å². The Balaban J connectivity index is 0.00000128. The van der Waals surface area contributed by atoms with Crippen molar-refractivity contribution in [3.63, 3.8) is 0 Å². The van der Waals surface area contributed by atoms with E-state index in [0.29, 0.717) is 0 Å². The second-order valence-electron chi connectivity index (χ2n) is 3.44. The normalized spacial score (nSPS) is 9.69. The number of fused-ring (bicyclic) bond motifs is 1. The number of nitrogens with zero attached hydrogens (tertiary/aromatic N) is 1. The van der Waals surface area contributed by atoms with Gasteiger partial charge in [0.05, 0.1) is 12.6 Å². The highest BCUT2D eigenvalue weighted by atomic mass is 35.5. The van der Waals surface area contributed by atoms with Gasteiger partial charge < -0.3 is 10.1 Å². The lowest BCUT2D eigenvalue weighted by molar-refractivity contribution is 0.415. The molecule has 0 bridgehead atoms. The topological polar surface area (TPSA) is 34.2 Å². The summed E-state index contributed by atoms with van der Waals surface area (Å²) in [6.45, 7) is 1.99. The summed E-state index contributed by atoms with van der Waals surface area (Å²) in [6, 6.07) is 7.95. The number of halogens is 1. The Kier molecular flexibility index (Phi) is 3.96. The molecule has 1 aromatic heterocycles. The van der Waals surface area contributed by atoms with Gasteiger partial charge in [0.25, 0.3) is 0 Å². The van der Waals surface area contributed by atoms with Crippen LogP contribution in [0.4, 0.5) is 5.69 Å². The first-order chi connectivity index (χ1) is 7.24. The van der Waals surface area contributed by atoms with Crippen molar-refractivity contribution in [1.29, 1.82) is 0 Å². The van der Waals surface area contributed by atoms with Gasteiger partial charge in [-0.05, 0) is 25.1 Å². The molecule has 16 heavy (non-hydrogen) atoms. The number of nitrogens with one attached hydrogen (secondary N) is 1. The third-order valence-corrected chi connectivity index (χ3v) is 2.41. The van der Waals surface area contributed by atoms with Gasteiger partial charge >= 0.3 is 0 Å². The zero-order valence-electron chi connectivity index (χ0n) is 9.57. The first-order valence-corrected chi connectivity index (χ1v) is 4.87. The number of hydrogen-bond donors (Lipinski definition) is 1. The van der Waals surface area contributed by atoms with Crippen molar-refractivity contribution in [2.45, 2.75) is 6.92 Å². The number of aryl methyl sites for hydroxylation is 1. The van der Waals surface area contributed by atoms with Crippen LogP contribution >= 0.6 is 12.4 Å². The predicted octanol–water partition coefficient (Wildman–Crippen LogP) is 3.02. The van der Waals surface area contributed by atoms with Gasteiger partial charge in [0.2, 0.25) is 0 Å². The lowest BCUT2D eigenvalue weighted by Gasteiger charge is -2.08. The summed E-state index contributed by atoms with van der Waals surface area (Å²) < 4.78 is 5.18. The van der Waals surface area contributed by atoms with E-state index in [4.69, 9.17) is 4.74 Å². The molecule has 86 valence electrons. The first kappa shape index (κ1) is 12.6. The summed E-state index contributed by atoms with van der Waals surface area (Å²) in [4.78, 5) is 4.47. The van der Waals surface area contributed by atoms with E-state index in [1.165, 1.54) is 0 Å². The first-order valence-electron chi connectivity index (χ1n) is 4.87. The predicted molar refractivity (Wildman–Crippen MR) is 69.8 cm³/mol. The second kappa shape index (κ2) is 5.03. The molecule has 2 rings (SSSR count). The summed E-state index contributed by atoms with van der Waals surface area (Å²) >= 11 is 0. The number of ether oxygens (including phenoxy) is 1. The summed E-state index contributed by atoms with van der Waals surface area (Å²) in [5.74, 6) is 0.836. The van der Waals surface area contributed by atoms with Crippen molar-refractivity contribution in [3.8, 4) is 5.75 Å². The Morgan fingerprint density at radius 1 is 1.25 bits per heavy atom. The maximum Gasteiger partial charge on any atom is 0.121 e. The molecule has 0 aliphatic heterocycles. The van der Waals surface area contributed by atoms with Crippen LogP contribution in [0.15, 0.2) is 24.3 Å². The van der Waals surface area contributed by atoms with Gasteiger partial charge in [-0.1, -0.05) is 0 Å². The highest BCUT2D eigenvalue weighted by molar-refractivity contribution is 5.92. The molecule has 1 N–H and O–H groups in total. The molecule has 0 saturated carbocycles. The fraction of sp³-hybridized carbons (Fsp3) is 0.250. The number of rotatable bonds is 2. The molecule has 0 saturated heterocycles. The molecule has 1 heterocycles. The van der Waals surface area contributed by atoms with Crippen LogP contribution in [0.2, 0.25) is 0 Å². The van der Waals surface area contributed by atoms with Crippen molar-refractivity contribution in [2.75, 3.05) is 19.5 Å². The molecule has 0 radical (unpaired) electrons.